The van der Waals surface area contributed by atoms with E-state index in [0.717, 1.165) is 13.8 Å². The second kappa shape index (κ2) is 3.60. The highest BCUT2D eigenvalue weighted by atomic mass is 32.2. The monoisotopic (exact) mass is 211 g/mol. The van der Waals surface area contributed by atoms with Gasteiger partial charge in [-0.1, -0.05) is 0 Å². The van der Waals surface area contributed by atoms with Crippen molar-refractivity contribution in [3.05, 3.63) is 0 Å². The molecule has 0 spiro atoms. The molecule has 0 heterocycles. The van der Waals surface area contributed by atoms with Crippen molar-refractivity contribution >= 4 is 16.1 Å². The van der Waals surface area contributed by atoms with Crippen molar-refractivity contribution in [2.45, 2.75) is 24.6 Å². The van der Waals surface area contributed by atoms with E-state index >= 15 is 0 Å². The first-order chi connectivity index (χ1) is 5.64. The van der Waals surface area contributed by atoms with Crippen LogP contribution in [0.2, 0.25) is 0 Å². The minimum atomic E-state index is -4.40. The molecule has 0 aliphatic carbocycles. The summed E-state index contributed by atoms with van der Waals surface area (Å²) < 4.78 is 28.6. The molecule has 0 aromatic heterocycles. The molecule has 6 nitrogen and oxygen atoms in total. The average Bonchev–Trinajstić information content (AvgIpc) is 1.83. The Balaban J connectivity index is 5.13. The molecule has 0 saturated heterocycles. The van der Waals surface area contributed by atoms with Crippen LogP contribution < -0.4 is 5.32 Å². The van der Waals surface area contributed by atoms with E-state index in [0.29, 0.717) is 0 Å². The fourth-order valence-electron chi connectivity index (χ4n) is 0.917. The molecule has 0 aromatic rings. The highest BCUT2D eigenvalue weighted by molar-refractivity contribution is 7.87. The van der Waals surface area contributed by atoms with Crippen molar-refractivity contribution in [3.8, 4) is 0 Å². The van der Waals surface area contributed by atoms with Crippen LogP contribution in [-0.4, -0.2) is 41.9 Å². The first-order valence-electron chi connectivity index (χ1n) is 3.51. The Morgan fingerprint density at radius 1 is 1.46 bits per heavy atom. The van der Waals surface area contributed by atoms with Crippen LogP contribution in [-0.2, 0) is 14.9 Å². The van der Waals surface area contributed by atoms with Crippen molar-refractivity contribution in [2.24, 2.45) is 0 Å². The van der Waals surface area contributed by atoms with E-state index in [-0.39, 0.29) is 0 Å². The lowest BCUT2D eigenvalue weighted by Crippen LogP contribution is -2.54. The molecule has 1 atom stereocenters. The summed E-state index contributed by atoms with van der Waals surface area (Å²) in [7, 11) is -3.09. The molecule has 0 saturated carbocycles. The summed E-state index contributed by atoms with van der Waals surface area (Å²) in [5, 5.41) is 10.9. The maximum Gasteiger partial charge on any atom is 0.322 e. The molecule has 0 radical (unpaired) electrons. The van der Waals surface area contributed by atoms with Crippen molar-refractivity contribution in [2.75, 3.05) is 7.05 Å². The van der Waals surface area contributed by atoms with Gasteiger partial charge in [0.15, 0.2) is 0 Å². The van der Waals surface area contributed by atoms with Gasteiger partial charge in [0, 0.05) is 0 Å². The number of likely N-dealkylation sites (N-methyl/N-ethyl adjacent to an activating group) is 1. The van der Waals surface area contributed by atoms with E-state index < -0.39 is 26.9 Å². The smallest absolute Gasteiger partial charge is 0.322 e. The molecule has 0 fully saturated rings. The molecule has 78 valence electrons. The van der Waals surface area contributed by atoms with Gasteiger partial charge >= 0.3 is 5.97 Å². The van der Waals surface area contributed by atoms with E-state index in [1.54, 1.807) is 0 Å². The second-order valence-corrected chi connectivity index (χ2v) is 5.14. The number of carboxylic acid groups (broad SMARTS) is 1. The molecule has 0 aromatic carbocycles. The first-order valence-corrected chi connectivity index (χ1v) is 4.95. The molecule has 13 heavy (non-hydrogen) atoms. The maximum atomic E-state index is 10.8. The molecule has 3 N–H and O–H groups in total. The Morgan fingerprint density at radius 3 is 1.92 bits per heavy atom. The van der Waals surface area contributed by atoms with Gasteiger partial charge in [-0.3, -0.25) is 9.35 Å². The quantitative estimate of drug-likeness (QED) is 0.532. The standard InChI is InChI=1S/C6H13NO5S/c1-6(2,13(10,11)12)4(7-3)5(8)9/h4,7H,1-3H3,(H,8,9)(H,10,11,12)/t4-/m0/s1. The number of hydrogen-bond acceptors (Lipinski definition) is 4. The van der Waals surface area contributed by atoms with E-state index in [1.165, 1.54) is 7.05 Å². The van der Waals surface area contributed by atoms with E-state index in [4.69, 9.17) is 9.66 Å². The van der Waals surface area contributed by atoms with Gasteiger partial charge in [-0.2, -0.15) is 8.42 Å². The summed E-state index contributed by atoms with van der Waals surface area (Å²) in [6, 6.07) is -1.34. The lowest BCUT2D eigenvalue weighted by molar-refractivity contribution is -0.140. The van der Waals surface area contributed by atoms with Crippen LogP contribution in [0.25, 0.3) is 0 Å². The van der Waals surface area contributed by atoms with Crippen LogP contribution in [0, 0.1) is 0 Å². The fourth-order valence-corrected chi connectivity index (χ4v) is 1.43. The molecule has 0 aliphatic rings. The zero-order valence-corrected chi connectivity index (χ0v) is 8.42. The van der Waals surface area contributed by atoms with Crippen LogP contribution >= 0.6 is 0 Å². The zero-order valence-electron chi connectivity index (χ0n) is 7.60. The minimum absolute atomic E-state index is 1.14. The van der Waals surface area contributed by atoms with Gasteiger partial charge in [0.1, 0.15) is 10.8 Å². The van der Waals surface area contributed by atoms with Crippen molar-refractivity contribution in [1.29, 1.82) is 0 Å². The summed E-state index contributed by atoms with van der Waals surface area (Å²) >= 11 is 0. The SMILES string of the molecule is CN[C@@H](C(=O)O)C(C)(C)S(=O)(=O)O. The highest BCUT2D eigenvalue weighted by Crippen LogP contribution is 2.19. The first kappa shape index (κ1) is 12.3. The number of hydrogen-bond donors (Lipinski definition) is 3. The van der Waals surface area contributed by atoms with Gasteiger partial charge in [-0.25, -0.2) is 0 Å². The Hall–Kier alpha value is -0.660. The van der Waals surface area contributed by atoms with Gasteiger partial charge in [0.25, 0.3) is 10.1 Å². The van der Waals surface area contributed by atoms with Crippen LogP contribution in [0.5, 0.6) is 0 Å². The molecule has 7 heteroatoms. The fraction of sp³-hybridized carbons (Fsp3) is 0.833. The number of rotatable bonds is 4. The second-order valence-electron chi connectivity index (χ2n) is 3.14. The summed E-state index contributed by atoms with van der Waals surface area (Å²) in [6.45, 7) is 2.27. The highest BCUT2D eigenvalue weighted by Gasteiger charge is 2.44. The van der Waals surface area contributed by atoms with Crippen LogP contribution in [0.1, 0.15) is 13.8 Å². The normalized spacial score (nSPS) is 15.4. The predicted molar refractivity (Wildman–Crippen MR) is 46.1 cm³/mol. The van der Waals surface area contributed by atoms with Gasteiger partial charge in [-0.15, -0.1) is 0 Å². The lowest BCUT2D eigenvalue weighted by atomic mass is 10.0. The van der Waals surface area contributed by atoms with Gasteiger partial charge in [-0.05, 0) is 20.9 Å². The topological polar surface area (TPSA) is 104 Å². The summed E-state index contributed by atoms with van der Waals surface area (Å²) in [5.41, 5.74) is 0. The number of nitrogens with one attached hydrogen (secondary N) is 1. The molecule has 0 aliphatic heterocycles. The van der Waals surface area contributed by atoms with E-state index in [9.17, 15) is 13.2 Å². The van der Waals surface area contributed by atoms with Gasteiger partial charge in [0.2, 0.25) is 0 Å². The largest absolute Gasteiger partial charge is 0.480 e. The summed E-state index contributed by atoms with van der Waals surface area (Å²) in [6.07, 6.45) is 0. The van der Waals surface area contributed by atoms with Gasteiger partial charge < -0.3 is 10.4 Å². The lowest BCUT2D eigenvalue weighted by Gasteiger charge is -2.27. The van der Waals surface area contributed by atoms with Crippen LogP contribution in [0.15, 0.2) is 0 Å². The Morgan fingerprint density at radius 2 is 1.85 bits per heavy atom. The molecule has 0 bridgehead atoms. The van der Waals surface area contributed by atoms with Crippen molar-refractivity contribution in [3.63, 3.8) is 0 Å². The third-order valence-corrected chi connectivity index (χ3v) is 3.46. The Bertz CT molecular complexity index is 294. The molecular formula is C6H13NO5S. The predicted octanol–water partition coefficient (Wildman–Crippen LogP) is -0.675. The summed E-state index contributed by atoms with van der Waals surface area (Å²) in [4.78, 5) is 10.6. The van der Waals surface area contributed by atoms with E-state index in [2.05, 4.69) is 5.32 Å². The molecular weight excluding hydrogens is 198 g/mol. The average molecular weight is 211 g/mol. The molecule has 0 unspecified atom stereocenters. The molecule has 0 amide bonds. The zero-order chi connectivity index (χ0) is 10.9. The number of carbonyl (C=O) groups is 1. The third-order valence-electron chi connectivity index (χ3n) is 1.90. The number of carboxylic acids is 1. The van der Waals surface area contributed by atoms with Crippen LogP contribution in [0.3, 0.4) is 0 Å². The van der Waals surface area contributed by atoms with Crippen molar-refractivity contribution in [1.82, 2.24) is 5.32 Å². The Kier molecular flexibility index (Phi) is 3.42. The minimum Gasteiger partial charge on any atom is -0.480 e. The maximum absolute atomic E-state index is 10.8. The molecule has 0 rings (SSSR count). The summed E-state index contributed by atoms with van der Waals surface area (Å²) in [5.74, 6) is -1.33. The van der Waals surface area contributed by atoms with Gasteiger partial charge in [0.05, 0.1) is 0 Å². The van der Waals surface area contributed by atoms with E-state index in [1.807, 2.05) is 0 Å². The number of aliphatic carboxylic acids is 1. The Labute approximate surface area is 76.7 Å². The third kappa shape index (κ3) is 2.39. The van der Waals surface area contributed by atoms with Crippen LogP contribution in [0.4, 0.5) is 0 Å². The van der Waals surface area contributed by atoms with Crippen molar-refractivity contribution < 1.29 is 22.9 Å².